The third-order valence-electron chi connectivity index (χ3n) is 2.29. The zero-order chi connectivity index (χ0) is 6.31. The number of rotatable bonds is 1. The molecule has 0 N–H and O–H groups in total. The van der Waals surface area contributed by atoms with E-state index in [1.54, 1.807) is 6.92 Å². The van der Waals surface area contributed by atoms with Gasteiger partial charge in [-0.2, -0.15) is 0 Å². The van der Waals surface area contributed by atoms with Crippen LogP contribution >= 0.6 is 0 Å². The van der Waals surface area contributed by atoms with Gasteiger partial charge in [0.2, 0.25) is 0 Å². The van der Waals surface area contributed by atoms with Crippen LogP contribution in [0.25, 0.3) is 0 Å². The number of carbonyl (C=O) groups is 1. The Balaban J connectivity index is 2.44. The summed E-state index contributed by atoms with van der Waals surface area (Å²) in [7, 11) is 0. The highest BCUT2D eigenvalue weighted by atomic mass is 16.1. The Morgan fingerprint density at radius 3 is 1.62 bits per heavy atom. The molecule has 1 saturated carbocycles. The van der Waals surface area contributed by atoms with Crippen LogP contribution in [0.4, 0.5) is 0 Å². The number of Topliss-reactive ketones (excluding diaryl/α,β-unsaturated/α-hetero) is 1. The third-order valence-corrected chi connectivity index (χ3v) is 2.29. The van der Waals surface area contributed by atoms with Crippen molar-refractivity contribution in [1.82, 2.24) is 0 Å². The summed E-state index contributed by atoms with van der Waals surface area (Å²) in [6.07, 6.45) is 0. The van der Waals surface area contributed by atoms with Gasteiger partial charge in [-0.25, -0.2) is 0 Å². The van der Waals surface area contributed by atoms with Crippen molar-refractivity contribution < 1.29 is 4.79 Å². The largest absolute Gasteiger partial charge is 0.300 e. The van der Waals surface area contributed by atoms with Crippen molar-refractivity contribution in [2.75, 3.05) is 0 Å². The molecule has 2 unspecified atom stereocenters. The summed E-state index contributed by atoms with van der Waals surface area (Å²) in [5.74, 6) is 2.08. The maximum absolute atomic E-state index is 10.6. The van der Waals surface area contributed by atoms with E-state index >= 15 is 0 Å². The minimum Gasteiger partial charge on any atom is -0.300 e. The monoisotopic (exact) mass is 112 g/mol. The maximum atomic E-state index is 10.6. The van der Waals surface area contributed by atoms with Crippen molar-refractivity contribution in [1.29, 1.82) is 0 Å². The van der Waals surface area contributed by atoms with Crippen molar-refractivity contribution >= 4 is 5.78 Å². The van der Waals surface area contributed by atoms with Crippen LogP contribution in [-0.2, 0) is 4.79 Å². The molecule has 0 spiro atoms. The second-order valence-corrected chi connectivity index (χ2v) is 2.85. The molecular weight excluding hydrogens is 100 g/mol. The van der Waals surface area contributed by atoms with Gasteiger partial charge in [0.05, 0.1) is 0 Å². The molecule has 8 heavy (non-hydrogen) atoms. The Labute approximate surface area is 50.1 Å². The summed E-state index contributed by atoms with van der Waals surface area (Å²) in [6, 6.07) is 0. The first-order chi connectivity index (χ1) is 3.64. The Morgan fingerprint density at radius 1 is 1.25 bits per heavy atom. The number of hydrogen-bond donors (Lipinski definition) is 0. The van der Waals surface area contributed by atoms with Crippen molar-refractivity contribution in [3.8, 4) is 0 Å². The van der Waals surface area contributed by atoms with Crippen molar-refractivity contribution in [3.63, 3.8) is 0 Å². The van der Waals surface area contributed by atoms with Gasteiger partial charge < -0.3 is 0 Å². The number of hydrogen-bond acceptors (Lipinski definition) is 1. The minimum absolute atomic E-state index is 0.366. The van der Waals surface area contributed by atoms with Gasteiger partial charge in [-0.1, -0.05) is 13.8 Å². The van der Waals surface area contributed by atoms with Crippen LogP contribution in [0.3, 0.4) is 0 Å². The van der Waals surface area contributed by atoms with Gasteiger partial charge in [-0.3, -0.25) is 4.79 Å². The van der Waals surface area contributed by atoms with Crippen LogP contribution in [0.5, 0.6) is 0 Å². The summed E-state index contributed by atoms with van der Waals surface area (Å²) in [4.78, 5) is 10.6. The summed E-state index contributed by atoms with van der Waals surface area (Å²) in [6.45, 7) is 5.96. The normalized spacial score (nSPS) is 44.1. The van der Waals surface area contributed by atoms with Gasteiger partial charge >= 0.3 is 0 Å². The van der Waals surface area contributed by atoms with Crippen LogP contribution in [0, 0.1) is 17.8 Å². The highest BCUT2D eigenvalue weighted by molar-refractivity contribution is 5.81. The Kier molecular flexibility index (Phi) is 1.14. The summed E-state index contributed by atoms with van der Waals surface area (Å²) in [5, 5.41) is 0. The van der Waals surface area contributed by atoms with E-state index in [1.807, 2.05) is 0 Å². The summed E-state index contributed by atoms with van der Waals surface area (Å²) in [5.41, 5.74) is 0. The predicted molar refractivity (Wildman–Crippen MR) is 32.5 cm³/mol. The van der Waals surface area contributed by atoms with E-state index in [1.165, 1.54) is 0 Å². The van der Waals surface area contributed by atoms with Gasteiger partial charge in [0, 0.05) is 5.92 Å². The molecule has 0 bridgehead atoms. The molecule has 0 aliphatic heterocycles. The van der Waals surface area contributed by atoms with E-state index in [0.717, 1.165) is 0 Å². The van der Waals surface area contributed by atoms with Crippen LogP contribution < -0.4 is 0 Å². The fraction of sp³-hybridized carbons (Fsp3) is 0.857. The molecule has 0 aromatic heterocycles. The molecule has 1 aliphatic rings. The highest BCUT2D eigenvalue weighted by Gasteiger charge is 2.45. The van der Waals surface area contributed by atoms with Crippen molar-refractivity contribution in [2.45, 2.75) is 20.8 Å². The molecule has 1 nitrogen and oxygen atoms in total. The first kappa shape index (κ1) is 5.80. The average molecular weight is 112 g/mol. The average Bonchev–Trinajstić information content (AvgIpc) is 2.15. The van der Waals surface area contributed by atoms with Gasteiger partial charge in [0.25, 0.3) is 0 Å². The standard InChI is InChI=1S/C7H12O/c1-4-5(2)7(4)6(3)8/h4-5,7H,1-3H3. The third kappa shape index (κ3) is 0.662. The van der Waals surface area contributed by atoms with E-state index in [4.69, 9.17) is 0 Å². The molecule has 0 saturated heterocycles. The molecule has 0 heterocycles. The molecule has 1 aliphatic carbocycles. The van der Waals surface area contributed by atoms with Crippen LogP contribution in [0.1, 0.15) is 20.8 Å². The molecule has 1 heteroatoms. The first-order valence-electron chi connectivity index (χ1n) is 3.15. The van der Waals surface area contributed by atoms with E-state index in [9.17, 15) is 4.79 Å². The molecule has 46 valence electrons. The van der Waals surface area contributed by atoms with Gasteiger partial charge in [0.1, 0.15) is 5.78 Å². The Bertz CT molecular complexity index is 110. The molecule has 2 atom stereocenters. The lowest BCUT2D eigenvalue weighted by atomic mass is 10.2. The van der Waals surface area contributed by atoms with Gasteiger partial charge in [0.15, 0.2) is 0 Å². The van der Waals surface area contributed by atoms with Crippen LogP contribution in [0.2, 0.25) is 0 Å². The lowest BCUT2D eigenvalue weighted by Gasteiger charge is -1.82. The second kappa shape index (κ2) is 1.57. The Hall–Kier alpha value is -0.330. The van der Waals surface area contributed by atoms with E-state index in [2.05, 4.69) is 13.8 Å². The molecule has 1 fully saturated rings. The zero-order valence-electron chi connectivity index (χ0n) is 5.64. The highest BCUT2D eigenvalue weighted by Crippen LogP contribution is 2.45. The second-order valence-electron chi connectivity index (χ2n) is 2.85. The summed E-state index contributed by atoms with van der Waals surface area (Å²) >= 11 is 0. The van der Waals surface area contributed by atoms with Crippen molar-refractivity contribution in [2.24, 2.45) is 17.8 Å². The molecule has 0 radical (unpaired) electrons. The molecule has 1 rings (SSSR count). The van der Waals surface area contributed by atoms with E-state index in [-0.39, 0.29) is 0 Å². The smallest absolute Gasteiger partial charge is 0.133 e. The number of ketones is 1. The van der Waals surface area contributed by atoms with Gasteiger partial charge in [-0.15, -0.1) is 0 Å². The van der Waals surface area contributed by atoms with Crippen LogP contribution in [0.15, 0.2) is 0 Å². The lowest BCUT2D eigenvalue weighted by Crippen LogP contribution is -1.93. The van der Waals surface area contributed by atoms with Crippen molar-refractivity contribution in [3.05, 3.63) is 0 Å². The summed E-state index contributed by atoms with van der Waals surface area (Å²) < 4.78 is 0. The molecule has 0 aromatic carbocycles. The topological polar surface area (TPSA) is 17.1 Å². The quantitative estimate of drug-likeness (QED) is 0.502. The number of carbonyl (C=O) groups excluding carboxylic acids is 1. The maximum Gasteiger partial charge on any atom is 0.133 e. The Morgan fingerprint density at radius 2 is 1.62 bits per heavy atom. The fourth-order valence-corrected chi connectivity index (χ4v) is 1.40. The predicted octanol–water partition coefficient (Wildman–Crippen LogP) is 1.48. The van der Waals surface area contributed by atoms with Gasteiger partial charge in [-0.05, 0) is 18.8 Å². The van der Waals surface area contributed by atoms with E-state index in [0.29, 0.717) is 23.5 Å². The molecule has 0 amide bonds. The lowest BCUT2D eigenvalue weighted by molar-refractivity contribution is -0.118. The molecule has 0 aromatic rings. The minimum atomic E-state index is 0.366. The fourth-order valence-electron chi connectivity index (χ4n) is 1.40. The SMILES string of the molecule is CC(=O)C1C(C)C1C. The molecular formula is C7H12O. The first-order valence-corrected chi connectivity index (χ1v) is 3.15. The van der Waals surface area contributed by atoms with E-state index < -0.39 is 0 Å². The van der Waals surface area contributed by atoms with Crippen LogP contribution in [-0.4, -0.2) is 5.78 Å². The zero-order valence-corrected chi connectivity index (χ0v) is 5.64.